The first-order valence-corrected chi connectivity index (χ1v) is 11.9. The number of rotatable bonds is 6. The van der Waals surface area contributed by atoms with E-state index in [-0.39, 0.29) is 5.15 Å². The van der Waals surface area contributed by atoms with Crippen molar-refractivity contribution in [1.29, 1.82) is 0 Å². The van der Waals surface area contributed by atoms with E-state index in [1.165, 1.54) is 0 Å². The van der Waals surface area contributed by atoms with E-state index in [9.17, 15) is 8.42 Å². The fraction of sp³-hybridized carbons (Fsp3) is 0.273. The summed E-state index contributed by atoms with van der Waals surface area (Å²) in [5, 5.41) is 5.46. The van der Waals surface area contributed by atoms with E-state index < -0.39 is 16.1 Å². The second-order valence-electron chi connectivity index (χ2n) is 7.30. The highest BCUT2D eigenvalue weighted by Gasteiger charge is 2.36. The number of sulfonamides is 1. The Hall–Kier alpha value is -3.04. The number of methoxy groups -OCH3 is 3. The van der Waals surface area contributed by atoms with Gasteiger partial charge < -0.3 is 14.2 Å². The Morgan fingerprint density at radius 3 is 2.41 bits per heavy atom. The Morgan fingerprint density at radius 2 is 1.75 bits per heavy atom. The predicted molar refractivity (Wildman–Crippen MR) is 123 cm³/mol. The van der Waals surface area contributed by atoms with Crippen molar-refractivity contribution in [3.8, 4) is 17.2 Å². The molecule has 0 radical (unpaired) electrons. The molecule has 1 aliphatic rings. The van der Waals surface area contributed by atoms with Crippen LogP contribution in [0, 0.1) is 0 Å². The van der Waals surface area contributed by atoms with E-state index in [1.54, 1.807) is 39.5 Å². The second kappa shape index (κ2) is 8.48. The van der Waals surface area contributed by atoms with Crippen molar-refractivity contribution in [2.45, 2.75) is 12.5 Å². The van der Waals surface area contributed by atoms with Crippen LogP contribution in [0.4, 0.5) is 0 Å². The summed E-state index contributed by atoms with van der Waals surface area (Å²) in [5.74, 6) is 1.76. The molecule has 1 aliphatic heterocycles. The molecular weight excluding hydrogens is 454 g/mol. The van der Waals surface area contributed by atoms with Gasteiger partial charge in [-0.3, -0.25) is 0 Å². The number of nitrogens with zero attached hydrogens (tertiary/aromatic N) is 3. The van der Waals surface area contributed by atoms with Crippen LogP contribution in [-0.2, 0) is 10.0 Å². The number of hydrogen-bond donors (Lipinski definition) is 0. The number of pyridine rings is 1. The maximum Gasteiger partial charge on any atom is 0.247 e. The lowest BCUT2D eigenvalue weighted by molar-refractivity contribution is 0.355. The van der Waals surface area contributed by atoms with Gasteiger partial charge in [0.2, 0.25) is 10.0 Å². The van der Waals surface area contributed by atoms with E-state index >= 15 is 0 Å². The molecule has 0 N–H and O–H groups in total. The standard InChI is InChI=1S/C22H22ClN3O5S/c1-29-15-7-5-13-9-16(22(23)24-17(13)11-15)19-12-18(25-26(19)32(4,27)28)14-6-8-20(30-2)21(10-14)31-3/h5-11,19H,12H2,1-4H3/t19-/m1/s1. The summed E-state index contributed by atoms with van der Waals surface area (Å²) in [4.78, 5) is 4.47. The molecule has 4 rings (SSSR count). The average Bonchev–Trinajstić information content (AvgIpc) is 3.23. The topological polar surface area (TPSA) is 90.3 Å². The minimum absolute atomic E-state index is 0.216. The molecule has 168 valence electrons. The molecule has 10 heteroatoms. The SMILES string of the molecule is COc1ccc2cc([C@H]3CC(c4ccc(OC)c(OC)c4)=NN3S(C)(=O)=O)c(Cl)nc2c1. The highest BCUT2D eigenvalue weighted by atomic mass is 35.5. The van der Waals surface area contributed by atoms with Crippen molar-refractivity contribution in [3.63, 3.8) is 0 Å². The minimum atomic E-state index is -3.67. The third-order valence-electron chi connectivity index (χ3n) is 5.29. The van der Waals surface area contributed by atoms with Gasteiger partial charge in [-0.05, 0) is 36.4 Å². The summed E-state index contributed by atoms with van der Waals surface area (Å²) in [7, 11) is 1.00. The Balaban J connectivity index is 1.78. The van der Waals surface area contributed by atoms with E-state index in [1.807, 2.05) is 24.3 Å². The summed E-state index contributed by atoms with van der Waals surface area (Å²) >= 11 is 6.51. The second-order valence-corrected chi connectivity index (χ2v) is 9.50. The molecule has 0 fully saturated rings. The number of hydrazone groups is 1. The maximum atomic E-state index is 12.6. The Labute approximate surface area is 191 Å². The van der Waals surface area contributed by atoms with Gasteiger partial charge in [0.1, 0.15) is 10.9 Å². The van der Waals surface area contributed by atoms with Crippen molar-refractivity contribution in [2.75, 3.05) is 27.6 Å². The number of fused-ring (bicyclic) bond motifs is 1. The van der Waals surface area contributed by atoms with Gasteiger partial charge in [-0.15, -0.1) is 0 Å². The van der Waals surface area contributed by atoms with Crippen molar-refractivity contribution in [3.05, 3.63) is 58.7 Å². The van der Waals surface area contributed by atoms with Crippen LogP contribution in [-0.4, -0.2) is 51.1 Å². The molecule has 0 bridgehead atoms. The predicted octanol–water partition coefficient (Wildman–Crippen LogP) is 4.02. The van der Waals surface area contributed by atoms with Crippen LogP contribution < -0.4 is 14.2 Å². The molecule has 32 heavy (non-hydrogen) atoms. The highest BCUT2D eigenvalue weighted by Crippen LogP contribution is 2.39. The molecule has 8 nitrogen and oxygen atoms in total. The van der Waals surface area contributed by atoms with Crippen LogP contribution >= 0.6 is 11.6 Å². The molecule has 0 unspecified atom stereocenters. The molecule has 0 amide bonds. The van der Waals surface area contributed by atoms with Crippen molar-refractivity contribution < 1.29 is 22.6 Å². The zero-order chi connectivity index (χ0) is 23.0. The average molecular weight is 476 g/mol. The smallest absolute Gasteiger partial charge is 0.247 e. The third-order valence-corrected chi connectivity index (χ3v) is 6.61. The molecule has 0 saturated heterocycles. The largest absolute Gasteiger partial charge is 0.497 e. The van der Waals surface area contributed by atoms with Crippen molar-refractivity contribution in [1.82, 2.24) is 9.40 Å². The molecular formula is C22H22ClN3O5S. The lowest BCUT2D eigenvalue weighted by atomic mass is 9.99. The maximum absolute atomic E-state index is 12.6. The lowest BCUT2D eigenvalue weighted by Gasteiger charge is -2.22. The van der Waals surface area contributed by atoms with Crippen LogP contribution in [0.5, 0.6) is 17.2 Å². The van der Waals surface area contributed by atoms with Gasteiger partial charge in [0.05, 0.1) is 44.9 Å². The van der Waals surface area contributed by atoms with Crippen molar-refractivity contribution in [2.24, 2.45) is 5.10 Å². The van der Waals surface area contributed by atoms with Crippen molar-refractivity contribution >= 4 is 38.2 Å². The molecule has 0 aliphatic carbocycles. The summed E-state index contributed by atoms with van der Waals surface area (Å²) in [5.41, 5.74) is 2.55. The quantitative estimate of drug-likeness (QED) is 0.500. The fourth-order valence-corrected chi connectivity index (χ4v) is 4.89. The van der Waals surface area contributed by atoms with Gasteiger partial charge in [-0.25, -0.2) is 13.4 Å². The van der Waals surface area contributed by atoms with Gasteiger partial charge in [0, 0.05) is 29.0 Å². The highest BCUT2D eigenvalue weighted by molar-refractivity contribution is 7.88. The van der Waals surface area contributed by atoms with E-state index in [0.717, 1.165) is 21.6 Å². The van der Waals surface area contributed by atoms with Crippen LogP contribution in [0.2, 0.25) is 5.15 Å². The molecule has 0 saturated carbocycles. The van der Waals surface area contributed by atoms with Crippen LogP contribution in [0.15, 0.2) is 47.6 Å². The van der Waals surface area contributed by atoms with Crippen LogP contribution in [0.3, 0.4) is 0 Å². The Kier molecular flexibility index (Phi) is 5.87. The first kappa shape index (κ1) is 22.2. The van der Waals surface area contributed by atoms with Gasteiger partial charge in [0.25, 0.3) is 0 Å². The van der Waals surface area contributed by atoms with Gasteiger partial charge in [-0.1, -0.05) is 11.6 Å². The van der Waals surface area contributed by atoms with Gasteiger partial charge in [0.15, 0.2) is 11.5 Å². The molecule has 0 spiro atoms. The first-order valence-electron chi connectivity index (χ1n) is 9.68. The fourth-order valence-electron chi connectivity index (χ4n) is 3.72. The third kappa shape index (κ3) is 4.05. The molecule has 2 heterocycles. The molecule has 1 atom stereocenters. The van der Waals surface area contributed by atoms with Gasteiger partial charge >= 0.3 is 0 Å². The summed E-state index contributed by atoms with van der Waals surface area (Å²) in [6, 6.07) is 12.0. The zero-order valence-corrected chi connectivity index (χ0v) is 19.6. The Morgan fingerprint density at radius 1 is 1.00 bits per heavy atom. The number of benzene rings is 2. The minimum Gasteiger partial charge on any atom is -0.497 e. The lowest BCUT2D eigenvalue weighted by Crippen LogP contribution is -2.26. The zero-order valence-electron chi connectivity index (χ0n) is 18.0. The summed E-state index contributed by atoms with van der Waals surface area (Å²) in [6.07, 6.45) is 1.44. The molecule has 1 aromatic heterocycles. The number of aromatic nitrogens is 1. The number of halogens is 1. The monoisotopic (exact) mass is 475 g/mol. The number of hydrogen-bond acceptors (Lipinski definition) is 7. The van der Waals surface area contributed by atoms with E-state index in [2.05, 4.69) is 10.1 Å². The van der Waals surface area contributed by atoms with Gasteiger partial charge in [-0.2, -0.15) is 9.52 Å². The Bertz CT molecular complexity index is 1330. The molecule has 2 aromatic carbocycles. The normalized spacial score (nSPS) is 16.2. The van der Waals surface area contributed by atoms with Crippen LogP contribution in [0.25, 0.3) is 10.9 Å². The first-order chi connectivity index (χ1) is 15.2. The van der Waals surface area contributed by atoms with E-state index in [0.29, 0.717) is 40.5 Å². The van der Waals surface area contributed by atoms with E-state index in [4.69, 9.17) is 25.8 Å². The number of ether oxygens (including phenoxy) is 3. The summed E-state index contributed by atoms with van der Waals surface area (Å²) < 4.78 is 42.1. The van der Waals surface area contributed by atoms with Crippen LogP contribution in [0.1, 0.15) is 23.6 Å². The molecule has 3 aromatic rings. The summed E-state index contributed by atoms with van der Waals surface area (Å²) in [6.45, 7) is 0.